The third-order valence-corrected chi connectivity index (χ3v) is 5.87. The maximum atomic E-state index is 13.4. The first-order chi connectivity index (χ1) is 14.6. The minimum Gasteiger partial charge on any atom is -0.341 e. The van der Waals surface area contributed by atoms with E-state index < -0.39 is 5.92 Å². The number of nitrogens with one attached hydrogen (secondary N) is 1. The first kappa shape index (κ1) is 18.4. The number of nitrogens with zero attached hydrogens (tertiary/aromatic N) is 6. The fourth-order valence-corrected chi connectivity index (χ4v) is 4.34. The lowest BCUT2D eigenvalue weighted by Crippen LogP contribution is -2.41. The molecule has 152 valence electrons. The number of rotatable bonds is 3. The Kier molecular flexibility index (Phi) is 4.50. The smallest absolute Gasteiger partial charge is 0.272 e. The third-order valence-electron chi connectivity index (χ3n) is 5.87. The molecule has 0 bridgehead atoms. The van der Waals surface area contributed by atoms with E-state index in [-0.39, 0.29) is 17.4 Å². The van der Waals surface area contributed by atoms with Crippen molar-refractivity contribution in [1.82, 2.24) is 34.7 Å². The highest BCUT2D eigenvalue weighted by molar-refractivity contribution is 5.91. The van der Waals surface area contributed by atoms with Crippen LogP contribution in [0.15, 0.2) is 47.7 Å². The van der Waals surface area contributed by atoms with E-state index in [1.165, 1.54) is 6.33 Å². The molecule has 1 aromatic carbocycles. The zero-order valence-electron chi connectivity index (χ0n) is 16.5. The van der Waals surface area contributed by atoms with Crippen molar-refractivity contribution in [3.8, 4) is 0 Å². The zero-order valence-corrected chi connectivity index (χ0v) is 16.5. The van der Waals surface area contributed by atoms with E-state index >= 15 is 0 Å². The molecule has 0 spiro atoms. The van der Waals surface area contributed by atoms with Gasteiger partial charge in [0.1, 0.15) is 6.33 Å². The fraction of sp³-hybridized carbons (Fsp3) is 0.333. The summed E-state index contributed by atoms with van der Waals surface area (Å²) in [5.41, 5.74) is 1.36. The molecule has 5 rings (SSSR count). The van der Waals surface area contributed by atoms with Crippen LogP contribution in [0.2, 0.25) is 0 Å². The molecular formula is C21H21N7O2. The molecular weight excluding hydrogens is 382 g/mol. The number of aromatic nitrogens is 6. The normalized spacial score (nSPS) is 18.0. The second kappa shape index (κ2) is 7.33. The zero-order chi connectivity index (χ0) is 20.7. The SMILES string of the molecule is CC(C(=O)N1CCCC(c2ccnc3ncnn23)C1)c1n[nH]c(=O)c2ccccc12. The molecule has 9 nitrogen and oxygen atoms in total. The summed E-state index contributed by atoms with van der Waals surface area (Å²) in [5.74, 6) is 0.262. The Hall–Kier alpha value is -3.62. The van der Waals surface area contributed by atoms with Crippen LogP contribution in [-0.2, 0) is 4.79 Å². The summed E-state index contributed by atoms with van der Waals surface area (Å²) in [6.07, 6.45) is 5.10. The van der Waals surface area contributed by atoms with Crippen molar-refractivity contribution in [2.24, 2.45) is 0 Å². The van der Waals surface area contributed by atoms with Crippen LogP contribution in [0.5, 0.6) is 0 Å². The number of carbonyl (C=O) groups is 1. The van der Waals surface area contributed by atoms with Crippen LogP contribution < -0.4 is 5.56 Å². The Labute approximate surface area is 171 Å². The number of H-pyrrole nitrogens is 1. The topological polar surface area (TPSA) is 109 Å². The lowest BCUT2D eigenvalue weighted by molar-refractivity contribution is -0.133. The van der Waals surface area contributed by atoms with Gasteiger partial charge in [0.15, 0.2) is 0 Å². The number of carbonyl (C=O) groups excluding carboxylic acids is 1. The molecule has 0 radical (unpaired) electrons. The van der Waals surface area contributed by atoms with Crippen LogP contribution >= 0.6 is 0 Å². The molecule has 1 aliphatic rings. The van der Waals surface area contributed by atoms with Crippen molar-refractivity contribution in [2.75, 3.05) is 13.1 Å². The van der Waals surface area contributed by atoms with E-state index in [0.717, 1.165) is 18.5 Å². The average molecular weight is 403 g/mol. The van der Waals surface area contributed by atoms with Gasteiger partial charge in [-0.1, -0.05) is 18.2 Å². The van der Waals surface area contributed by atoms with Gasteiger partial charge in [-0.25, -0.2) is 14.6 Å². The predicted octanol–water partition coefficient (Wildman–Crippen LogP) is 1.87. The van der Waals surface area contributed by atoms with Crippen molar-refractivity contribution in [3.63, 3.8) is 0 Å². The molecule has 1 fully saturated rings. The number of benzene rings is 1. The maximum Gasteiger partial charge on any atom is 0.272 e. The summed E-state index contributed by atoms with van der Waals surface area (Å²) >= 11 is 0. The van der Waals surface area contributed by atoms with Gasteiger partial charge >= 0.3 is 0 Å². The number of hydrogen-bond acceptors (Lipinski definition) is 6. The van der Waals surface area contributed by atoms with E-state index in [9.17, 15) is 9.59 Å². The van der Waals surface area contributed by atoms with Crippen molar-refractivity contribution in [3.05, 3.63) is 64.6 Å². The summed E-state index contributed by atoms with van der Waals surface area (Å²) in [7, 11) is 0. The molecule has 4 heterocycles. The largest absolute Gasteiger partial charge is 0.341 e. The first-order valence-corrected chi connectivity index (χ1v) is 10.0. The summed E-state index contributed by atoms with van der Waals surface area (Å²) in [4.78, 5) is 35.7. The lowest BCUT2D eigenvalue weighted by atomic mass is 9.92. The minimum absolute atomic E-state index is 0.00768. The predicted molar refractivity (Wildman–Crippen MR) is 110 cm³/mol. The molecule has 1 amide bonds. The lowest BCUT2D eigenvalue weighted by Gasteiger charge is -2.34. The van der Waals surface area contributed by atoms with Crippen molar-refractivity contribution >= 4 is 22.5 Å². The van der Waals surface area contributed by atoms with Crippen LogP contribution in [0.4, 0.5) is 0 Å². The molecule has 1 aliphatic heterocycles. The van der Waals surface area contributed by atoms with Crippen LogP contribution in [-0.4, -0.2) is 53.7 Å². The van der Waals surface area contributed by atoms with E-state index in [1.54, 1.807) is 16.8 Å². The highest BCUT2D eigenvalue weighted by Crippen LogP contribution is 2.29. The summed E-state index contributed by atoms with van der Waals surface area (Å²) in [5, 5.41) is 12.3. The van der Waals surface area contributed by atoms with Gasteiger partial charge in [0, 0.05) is 30.6 Å². The van der Waals surface area contributed by atoms with Crippen LogP contribution in [0.25, 0.3) is 16.6 Å². The minimum atomic E-state index is -0.464. The number of fused-ring (bicyclic) bond motifs is 2. The number of hydrogen-bond donors (Lipinski definition) is 1. The van der Waals surface area contributed by atoms with Crippen molar-refractivity contribution in [2.45, 2.75) is 31.6 Å². The Morgan fingerprint density at radius 3 is 2.90 bits per heavy atom. The average Bonchev–Trinajstić information content (AvgIpc) is 3.28. The number of piperidine rings is 1. The van der Waals surface area contributed by atoms with Crippen LogP contribution in [0, 0.1) is 0 Å². The molecule has 2 atom stereocenters. The fourth-order valence-electron chi connectivity index (χ4n) is 4.34. The molecule has 1 saturated heterocycles. The van der Waals surface area contributed by atoms with Crippen LogP contribution in [0.3, 0.4) is 0 Å². The van der Waals surface area contributed by atoms with Gasteiger partial charge in [0.2, 0.25) is 5.91 Å². The van der Waals surface area contributed by atoms with Gasteiger partial charge in [0.05, 0.1) is 22.7 Å². The van der Waals surface area contributed by atoms with E-state index in [4.69, 9.17) is 0 Å². The third kappa shape index (κ3) is 3.02. The van der Waals surface area contributed by atoms with Crippen molar-refractivity contribution in [1.29, 1.82) is 0 Å². The second-order valence-electron chi connectivity index (χ2n) is 7.67. The first-order valence-electron chi connectivity index (χ1n) is 10.0. The molecule has 0 saturated carbocycles. The Bertz CT molecular complexity index is 1300. The van der Waals surface area contributed by atoms with Crippen molar-refractivity contribution < 1.29 is 4.79 Å². The summed E-state index contributed by atoms with van der Waals surface area (Å²) in [6, 6.07) is 9.20. The molecule has 4 aromatic rings. The van der Waals surface area contributed by atoms with E-state index in [2.05, 4.69) is 25.3 Å². The molecule has 0 aliphatic carbocycles. The van der Waals surface area contributed by atoms with E-state index in [0.29, 0.717) is 35.3 Å². The summed E-state index contributed by atoms with van der Waals surface area (Å²) in [6.45, 7) is 3.15. The Morgan fingerprint density at radius 2 is 2.03 bits per heavy atom. The van der Waals surface area contributed by atoms with Crippen LogP contribution in [0.1, 0.15) is 43.0 Å². The standard InChI is InChI=1S/C21H21N7O2/c1-13(18-15-6-2-3-7-16(15)19(29)26-25-18)20(30)27-10-4-5-14(11-27)17-8-9-22-21-23-12-24-28(17)21/h2-3,6-9,12-14H,4-5,10-11H2,1H3,(H,26,29). The maximum absolute atomic E-state index is 13.4. The molecule has 30 heavy (non-hydrogen) atoms. The van der Waals surface area contributed by atoms with Gasteiger partial charge in [-0.3, -0.25) is 9.59 Å². The number of likely N-dealkylation sites (tertiary alicyclic amines) is 1. The Morgan fingerprint density at radius 1 is 1.20 bits per heavy atom. The monoisotopic (exact) mass is 403 g/mol. The van der Waals surface area contributed by atoms with Gasteiger partial charge in [-0.15, -0.1) is 0 Å². The molecule has 9 heteroatoms. The van der Waals surface area contributed by atoms with Gasteiger partial charge < -0.3 is 4.90 Å². The van der Waals surface area contributed by atoms with Gasteiger partial charge in [-0.2, -0.15) is 15.2 Å². The van der Waals surface area contributed by atoms with Gasteiger partial charge in [-0.05, 0) is 31.9 Å². The second-order valence-corrected chi connectivity index (χ2v) is 7.67. The molecule has 3 aromatic heterocycles. The molecule has 1 N–H and O–H groups in total. The number of aromatic amines is 1. The quantitative estimate of drug-likeness (QED) is 0.559. The number of amides is 1. The highest BCUT2D eigenvalue weighted by Gasteiger charge is 2.31. The highest BCUT2D eigenvalue weighted by atomic mass is 16.2. The summed E-state index contributed by atoms with van der Waals surface area (Å²) < 4.78 is 1.75. The molecule has 2 unspecified atom stereocenters. The van der Waals surface area contributed by atoms with Gasteiger partial charge in [0.25, 0.3) is 11.3 Å². The Balaban J connectivity index is 1.43. The van der Waals surface area contributed by atoms with E-state index in [1.807, 2.05) is 36.1 Å².